The summed E-state index contributed by atoms with van der Waals surface area (Å²) in [5.41, 5.74) is 0.371. The van der Waals surface area contributed by atoms with Gasteiger partial charge in [-0.25, -0.2) is 4.79 Å². The van der Waals surface area contributed by atoms with Crippen LogP contribution in [0.4, 0.5) is 0 Å². The third-order valence-electron chi connectivity index (χ3n) is 4.39. The molecular formula is C18H27NO6. The zero-order chi connectivity index (χ0) is 18.2. The molecule has 0 radical (unpaired) electrons. The minimum Gasteiger partial charge on any atom is -0.493 e. The first kappa shape index (κ1) is 19.3. The van der Waals surface area contributed by atoms with Crippen LogP contribution in [0.2, 0.25) is 0 Å². The van der Waals surface area contributed by atoms with E-state index < -0.39 is 5.97 Å². The Labute approximate surface area is 148 Å². The molecule has 0 aliphatic carbocycles. The first-order chi connectivity index (χ1) is 12.1. The molecule has 1 saturated heterocycles. The molecule has 7 nitrogen and oxygen atoms in total. The van der Waals surface area contributed by atoms with Crippen LogP contribution >= 0.6 is 0 Å². The van der Waals surface area contributed by atoms with Crippen molar-refractivity contribution in [3.05, 3.63) is 17.7 Å². The van der Waals surface area contributed by atoms with Crippen molar-refractivity contribution in [1.82, 2.24) is 4.90 Å². The zero-order valence-electron chi connectivity index (χ0n) is 15.4. The quantitative estimate of drug-likeness (QED) is 0.629. The molecule has 1 aromatic carbocycles. The van der Waals surface area contributed by atoms with Crippen molar-refractivity contribution < 1.29 is 28.5 Å². The van der Waals surface area contributed by atoms with E-state index in [-0.39, 0.29) is 6.04 Å². The molecule has 1 aliphatic rings. The van der Waals surface area contributed by atoms with E-state index >= 15 is 0 Å². The topological polar surface area (TPSA) is 66.5 Å². The average Bonchev–Trinajstić information content (AvgIpc) is 3.10. The summed E-state index contributed by atoms with van der Waals surface area (Å²) in [4.78, 5) is 14.7. The van der Waals surface area contributed by atoms with E-state index in [4.69, 9.17) is 23.7 Å². The molecule has 1 heterocycles. The SMILES string of the molecule is COCCN1CCC[C@@H]1COC(=O)c1cc(OC)c(OC)c(OC)c1. The van der Waals surface area contributed by atoms with E-state index in [1.54, 1.807) is 19.2 Å². The summed E-state index contributed by atoms with van der Waals surface area (Å²) in [6, 6.07) is 3.43. The van der Waals surface area contributed by atoms with Crippen molar-refractivity contribution in [3.8, 4) is 17.2 Å². The smallest absolute Gasteiger partial charge is 0.338 e. The number of methoxy groups -OCH3 is 4. The standard InChI is InChI=1S/C18H27NO6/c1-21-9-8-19-7-5-6-14(19)12-25-18(20)13-10-15(22-2)17(24-4)16(11-13)23-3/h10-11,14H,5-9,12H2,1-4H3/t14-/m1/s1. The second kappa shape index (κ2) is 9.48. The number of carbonyl (C=O) groups excluding carboxylic acids is 1. The Kier molecular flexibility index (Phi) is 7.33. The molecule has 0 spiro atoms. The molecule has 0 aromatic heterocycles. The van der Waals surface area contributed by atoms with Gasteiger partial charge in [0.25, 0.3) is 0 Å². The van der Waals surface area contributed by atoms with E-state index in [9.17, 15) is 4.79 Å². The van der Waals surface area contributed by atoms with Crippen molar-refractivity contribution in [3.63, 3.8) is 0 Å². The minimum absolute atomic E-state index is 0.237. The van der Waals surface area contributed by atoms with Gasteiger partial charge in [0.15, 0.2) is 11.5 Å². The van der Waals surface area contributed by atoms with Crippen LogP contribution in [0.25, 0.3) is 0 Å². The van der Waals surface area contributed by atoms with E-state index in [1.807, 2.05) is 0 Å². The Morgan fingerprint density at radius 2 is 1.80 bits per heavy atom. The van der Waals surface area contributed by atoms with E-state index in [0.717, 1.165) is 25.9 Å². The Hall–Kier alpha value is -1.99. The Morgan fingerprint density at radius 1 is 1.12 bits per heavy atom. The first-order valence-electron chi connectivity index (χ1n) is 8.34. The van der Waals surface area contributed by atoms with E-state index in [1.165, 1.54) is 21.3 Å². The van der Waals surface area contributed by atoms with Crippen molar-refractivity contribution in [2.45, 2.75) is 18.9 Å². The second-order valence-corrected chi connectivity index (χ2v) is 5.84. The second-order valence-electron chi connectivity index (χ2n) is 5.84. The summed E-state index contributed by atoms with van der Waals surface area (Å²) in [7, 11) is 6.24. The van der Waals surface area contributed by atoms with Crippen LogP contribution in [0.15, 0.2) is 12.1 Å². The van der Waals surface area contributed by atoms with Gasteiger partial charge in [0.2, 0.25) is 5.75 Å². The molecule has 0 saturated carbocycles. The minimum atomic E-state index is -0.405. The molecule has 0 bridgehead atoms. The van der Waals surface area contributed by atoms with Gasteiger partial charge in [0.1, 0.15) is 6.61 Å². The van der Waals surface area contributed by atoms with Gasteiger partial charge < -0.3 is 23.7 Å². The van der Waals surface area contributed by atoms with Crippen LogP contribution in [0.3, 0.4) is 0 Å². The van der Waals surface area contributed by atoms with Crippen molar-refractivity contribution in [2.75, 3.05) is 54.7 Å². The van der Waals surface area contributed by atoms with Gasteiger partial charge in [0.05, 0.1) is 33.5 Å². The fourth-order valence-corrected chi connectivity index (χ4v) is 3.04. The number of ether oxygens (including phenoxy) is 5. The Bertz CT molecular complexity index is 552. The number of likely N-dealkylation sites (tertiary alicyclic amines) is 1. The lowest BCUT2D eigenvalue weighted by Gasteiger charge is -2.23. The molecule has 7 heteroatoms. The predicted octanol–water partition coefficient (Wildman–Crippen LogP) is 1.98. The van der Waals surface area contributed by atoms with Crippen LogP contribution in [0.5, 0.6) is 17.2 Å². The maximum atomic E-state index is 12.4. The summed E-state index contributed by atoms with van der Waals surface area (Å²) in [6.45, 7) is 2.90. The Morgan fingerprint density at radius 3 is 2.36 bits per heavy atom. The van der Waals surface area contributed by atoms with Gasteiger partial charge in [-0.3, -0.25) is 4.90 Å². The molecule has 0 amide bonds. The fraction of sp³-hybridized carbons (Fsp3) is 0.611. The molecule has 2 rings (SSSR count). The Balaban J connectivity index is 2.03. The monoisotopic (exact) mass is 353 g/mol. The first-order valence-corrected chi connectivity index (χ1v) is 8.34. The van der Waals surface area contributed by atoms with E-state index in [2.05, 4.69) is 4.90 Å². The normalized spacial score (nSPS) is 17.4. The number of hydrogen-bond acceptors (Lipinski definition) is 7. The molecule has 0 unspecified atom stereocenters. The number of nitrogens with zero attached hydrogens (tertiary/aromatic N) is 1. The maximum Gasteiger partial charge on any atom is 0.338 e. The molecule has 1 fully saturated rings. The zero-order valence-corrected chi connectivity index (χ0v) is 15.4. The van der Waals surface area contributed by atoms with Gasteiger partial charge >= 0.3 is 5.97 Å². The number of esters is 1. The van der Waals surface area contributed by atoms with Crippen LogP contribution < -0.4 is 14.2 Å². The molecule has 1 atom stereocenters. The summed E-state index contributed by atoms with van der Waals surface area (Å²) in [5.74, 6) is 0.897. The van der Waals surface area contributed by atoms with Gasteiger partial charge in [-0.05, 0) is 31.5 Å². The number of hydrogen-bond donors (Lipinski definition) is 0. The van der Waals surface area contributed by atoms with Gasteiger partial charge in [0, 0.05) is 19.7 Å². The van der Waals surface area contributed by atoms with Crippen LogP contribution in [0, 0.1) is 0 Å². The van der Waals surface area contributed by atoms with Crippen molar-refractivity contribution in [2.24, 2.45) is 0 Å². The highest BCUT2D eigenvalue weighted by molar-refractivity contribution is 5.91. The molecule has 1 aromatic rings. The number of carbonyl (C=O) groups is 1. The predicted molar refractivity (Wildman–Crippen MR) is 92.9 cm³/mol. The molecule has 1 aliphatic heterocycles. The third kappa shape index (κ3) is 4.76. The lowest BCUT2D eigenvalue weighted by atomic mass is 10.2. The number of rotatable bonds is 9. The van der Waals surface area contributed by atoms with Gasteiger partial charge in [-0.15, -0.1) is 0 Å². The van der Waals surface area contributed by atoms with Crippen LogP contribution in [0.1, 0.15) is 23.2 Å². The third-order valence-corrected chi connectivity index (χ3v) is 4.39. The van der Waals surface area contributed by atoms with Crippen LogP contribution in [-0.4, -0.2) is 71.7 Å². The lowest BCUT2D eigenvalue weighted by Crippen LogP contribution is -2.36. The van der Waals surface area contributed by atoms with Crippen molar-refractivity contribution >= 4 is 5.97 Å². The summed E-state index contributed by atoms with van der Waals surface area (Å²) in [6.07, 6.45) is 2.13. The summed E-state index contributed by atoms with van der Waals surface area (Å²) < 4.78 is 26.5. The van der Waals surface area contributed by atoms with Gasteiger partial charge in [-0.1, -0.05) is 0 Å². The largest absolute Gasteiger partial charge is 0.493 e. The number of benzene rings is 1. The lowest BCUT2D eigenvalue weighted by molar-refractivity contribution is 0.0372. The summed E-state index contributed by atoms with van der Waals surface area (Å²) >= 11 is 0. The molecular weight excluding hydrogens is 326 g/mol. The molecule has 25 heavy (non-hydrogen) atoms. The molecule has 0 N–H and O–H groups in total. The fourth-order valence-electron chi connectivity index (χ4n) is 3.04. The molecule has 140 valence electrons. The maximum absolute atomic E-state index is 12.4. The highest BCUT2D eigenvalue weighted by Crippen LogP contribution is 2.38. The van der Waals surface area contributed by atoms with Crippen LogP contribution in [-0.2, 0) is 9.47 Å². The van der Waals surface area contributed by atoms with E-state index in [0.29, 0.717) is 36.0 Å². The highest BCUT2D eigenvalue weighted by atomic mass is 16.5. The summed E-state index contributed by atoms with van der Waals surface area (Å²) in [5, 5.41) is 0. The highest BCUT2D eigenvalue weighted by Gasteiger charge is 2.26. The van der Waals surface area contributed by atoms with Gasteiger partial charge in [-0.2, -0.15) is 0 Å². The average molecular weight is 353 g/mol. The van der Waals surface area contributed by atoms with Crippen molar-refractivity contribution in [1.29, 1.82) is 0 Å².